The molecule has 0 radical (unpaired) electrons. The lowest BCUT2D eigenvalue weighted by Gasteiger charge is -2.05. The van der Waals surface area contributed by atoms with Gasteiger partial charge in [-0.2, -0.15) is 0 Å². The normalized spacial score (nSPS) is 11.0. The number of hydrogen-bond donors (Lipinski definition) is 0. The molecule has 0 fully saturated rings. The van der Waals surface area contributed by atoms with Crippen molar-refractivity contribution < 1.29 is 19.1 Å². The van der Waals surface area contributed by atoms with Gasteiger partial charge in [-0.15, -0.1) is 0 Å². The molecule has 0 atom stereocenters. The maximum absolute atomic E-state index is 11.9. The topological polar surface area (TPSA) is 69.9 Å². The number of hydrogen-bond acceptors (Lipinski definition) is 6. The molecule has 0 amide bonds. The molecule has 2 aromatic heterocycles. The second-order valence-corrected chi connectivity index (χ2v) is 6.84. The van der Waals surface area contributed by atoms with Crippen LogP contribution in [0.15, 0.2) is 54.7 Å². The standard InChI is InChI=1S/C20H16N2O4S/c1-2-25-18(23)11-19(24)26-14-7-5-6-13(10-14)15-12-22-16-8-3-4-9-17(16)27-20(22)21-15/h3-10,12H,2,11H2,1H3. The highest BCUT2D eigenvalue weighted by Crippen LogP contribution is 2.30. The third kappa shape index (κ3) is 3.54. The molecular formula is C20H16N2O4S. The van der Waals surface area contributed by atoms with Crippen molar-refractivity contribution in [2.45, 2.75) is 13.3 Å². The maximum atomic E-state index is 11.9. The van der Waals surface area contributed by atoms with Gasteiger partial charge in [-0.05, 0) is 31.2 Å². The number of ether oxygens (including phenoxy) is 2. The Balaban J connectivity index is 1.58. The molecule has 2 heterocycles. The number of benzene rings is 2. The molecule has 0 spiro atoms. The number of aromatic nitrogens is 2. The number of esters is 2. The van der Waals surface area contributed by atoms with Crippen molar-refractivity contribution in [3.05, 3.63) is 54.7 Å². The van der Waals surface area contributed by atoms with Crippen molar-refractivity contribution in [3.63, 3.8) is 0 Å². The van der Waals surface area contributed by atoms with E-state index < -0.39 is 18.4 Å². The number of para-hydroxylation sites is 1. The van der Waals surface area contributed by atoms with Gasteiger partial charge < -0.3 is 9.47 Å². The highest BCUT2D eigenvalue weighted by Gasteiger charge is 2.14. The van der Waals surface area contributed by atoms with Gasteiger partial charge in [0.15, 0.2) is 4.96 Å². The van der Waals surface area contributed by atoms with Gasteiger partial charge in [-0.25, -0.2) is 4.98 Å². The van der Waals surface area contributed by atoms with Gasteiger partial charge in [0.1, 0.15) is 12.2 Å². The highest BCUT2D eigenvalue weighted by molar-refractivity contribution is 7.23. The second kappa shape index (κ2) is 7.20. The van der Waals surface area contributed by atoms with Gasteiger partial charge in [0.2, 0.25) is 0 Å². The fraction of sp³-hybridized carbons (Fsp3) is 0.150. The number of imidazole rings is 1. The lowest BCUT2D eigenvalue weighted by Crippen LogP contribution is -2.16. The van der Waals surface area contributed by atoms with Crippen molar-refractivity contribution >= 4 is 38.5 Å². The van der Waals surface area contributed by atoms with Crippen LogP contribution in [0.3, 0.4) is 0 Å². The van der Waals surface area contributed by atoms with Gasteiger partial charge in [0, 0.05) is 11.8 Å². The molecule has 0 aliphatic rings. The Morgan fingerprint density at radius 1 is 1.11 bits per heavy atom. The van der Waals surface area contributed by atoms with E-state index in [1.54, 1.807) is 36.5 Å². The van der Waals surface area contributed by atoms with Crippen molar-refractivity contribution in [3.8, 4) is 17.0 Å². The molecule has 4 rings (SSSR count). The van der Waals surface area contributed by atoms with Gasteiger partial charge in [-0.1, -0.05) is 35.6 Å². The zero-order valence-corrected chi connectivity index (χ0v) is 15.4. The van der Waals surface area contributed by atoms with E-state index >= 15 is 0 Å². The summed E-state index contributed by atoms with van der Waals surface area (Å²) in [5.74, 6) is -0.884. The maximum Gasteiger partial charge on any atom is 0.322 e. The Bertz CT molecular complexity index is 1150. The summed E-state index contributed by atoms with van der Waals surface area (Å²) in [6, 6.07) is 15.2. The number of thiazole rings is 1. The van der Waals surface area contributed by atoms with Crippen molar-refractivity contribution in [1.29, 1.82) is 0 Å². The molecule has 2 aromatic carbocycles. The summed E-state index contributed by atoms with van der Waals surface area (Å²) in [4.78, 5) is 28.8. The average molecular weight is 380 g/mol. The third-order valence-electron chi connectivity index (χ3n) is 3.96. The fourth-order valence-corrected chi connectivity index (χ4v) is 3.81. The smallest absolute Gasteiger partial charge is 0.322 e. The summed E-state index contributed by atoms with van der Waals surface area (Å²) >= 11 is 1.62. The molecule has 0 saturated heterocycles. The second-order valence-electron chi connectivity index (χ2n) is 5.83. The van der Waals surface area contributed by atoms with E-state index in [1.807, 2.05) is 24.4 Å². The molecule has 0 saturated carbocycles. The Labute approximate surface area is 159 Å². The molecule has 0 aliphatic heterocycles. The van der Waals surface area contributed by atoms with Crippen LogP contribution in [0, 0.1) is 0 Å². The SMILES string of the molecule is CCOC(=O)CC(=O)Oc1cccc(-c2cn3c(n2)sc2ccccc23)c1. The van der Waals surface area contributed by atoms with Crippen molar-refractivity contribution in [2.75, 3.05) is 6.61 Å². The summed E-state index contributed by atoms with van der Waals surface area (Å²) < 4.78 is 13.2. The number of carbonyl (C=O) groups excluding carboxylic acids is 2. The minimum absolute atomic E-state index is 0.230. The average Bonchev–Trinajstić information content (AvgIpc) is 3.20. The Kier molecular flexibility index (Phi) is 4.60. The number of nitrogens with zero attached hydrogens (tertiary/aromatic N) is 2. The Morgan fingerprint density at radius 3 is 2.81 bits per heavy atom. The molecule has 27 heavy (non-hydrogen) atoms. The zero-order chi connectivity index (χ0) is 18.8. The molecule has 136 valence electrons. The summed E-state index contributed by atoms with van der Waals surface area (Å²) in [5, 5.41) is 0. The predicted octanol–water partition coefficient (Wildman–Crippen LogP) is 4.07. The molecule has 4 aromatic rings. The Hall–Kier alpha value is -3.19. The first-order valence-electron chi connectivity index (χ1n) is 8.47. The fourth-order valence-electron chi connectivity index (χ4n) is 2.80. The van der Waals surface area contributed by atoms with E-state index in [1.165, 1.54) is 4.70 Å². The van der Waals surface area contributed by atoms with E-state index in [0.29, 0.717) is 5.75 Å². The first-order chi connectivity index (χ1) is 13.1. The van der Waals surface area contributed by atoms with E-state index in [0.717, 1.165) is 21.7 Å². The largest absolute Gasteiger partial charge is 0.466 e. The van der Waals surface area contributed by atoms with Gasteiger partial charge >= 0.3 is 11.9 Å². The highest BCUT2D eigenvalue weighted by atomic mass is 32.1. The van der Waals surface area contributed by atoms with Crippen LogP contribution < -0.4 is 4.74 Å². The predicted molar refractivity (Wildman–Crippen MR) is 103 cm³/mol. The molecular weight excluding hydrogens is 364 g/mol. The summed E-state index contributed by atoms with van der Waals surface area (Å²) in [6.45, 7) is 1.92. The lowest BCUT2D eigenvalue weighted by atomic mass is 10.1. The van der Waals surface area contributed by atoms with Gasteiger partial charge in [0.05, 0.1) is 22.5 Å². The van der Waals surface area contributed by atoms with Crippen LogP contribution in [-0.4, -0.2) is 27.9 Å². The van der Waals surface area contributed by atoms with E-state index in [2.05, 4.69) is 21.5 Å². The Morgan fingerprint density at radius 2 is 1.96 bits per heavy atom. The van der Waals surface area contributed by atoms with Crippen LogP contribution in [0.1, 0.15) is 13.3 Å². The molecule has 0 unspecified atom stereocenters. The van der Waals surface area contributed by atoms with Crippen LogP contribution in [0.4, 0.5) is 0 Å². The minimum Gasteiger partial charge on any atom is -0.466 e. The van der Waals surface area contributed by atoms with Crippen LogP contribution in [0.5, 0.6) is 5.75 Å². The quantitative estimate of drug-likeness (QED) is 0.296. The number of fused-ring (bicyclic) bond motifs is 3. The van der Waals surface area contributed by atoms with E-state index in [4.69, 9.17) is 9.47 Å². The molecule has 7 heteroatoms. The van der Waals surface area contributed by atoms with Crippen LogP contribution >= 0.6 is 11.3 Å². The minimum atomic E-state index is -0.651. The van der Waals surface area contributed by atoms with E-state index in [-0.39, 0.29) is 6.61 Å². The molecule has 0 aliphatic carbocycles. The first-order valence-corrected chi connectivity index (χ1v) is 9.29. The van der Waals surface area contributed by atoms with Crippen LogP contribution in [0.2, 0.25) is 0 Å². The molecule has 0 N–H and O–H groups in total. The monoisotopic (exact) mass is 380 g/mol. The van der Waals surface area contributed by atoms with Gasteiger partial charge in [0.25, 0.3) is 0 Å². The number of carbonyl (C=O) groups is 2. The number of rotatable bonds is 5. The van der Waals surface area contributed by atoms with Crippen LogP contribution in [0.25, 0.3) is 26.4 Å². The van der Waals surface area contributed by atoms with Crippen LogP contribution in [-0.2, 0) is 14.3 Å². The van der Waals surface area contributed by atoms with E-state index in [9.17, 15) is 9.59 Å². The summed E-state index contributed by atoms with van der Waals surface area (Å²) in [7, 11) is 0. The molecule has 6 nitrogen and oxygen atoms in total. The zero-order valence-electron chi connectivity index (χ0n) is 14.5. The van der Waals surface area contributed by atoms with Gasteiger partial charge in [-0.3, -0.25) is 14.0 Å². The summed E-state index contributed by atoms with van der Waals surface area (Å²) in [5.41, 5.74) is 2.72. The summed E-state index contributed by atoms with van der Waals surface area (Å²) in [6.07, 6.45) is 1.55. The van der Waals surface area contributed by atoms with Crippen molar-refractivity contribution in [2.24, 2.45) is 0 Å². The lowest BCUT2D eigenvalue weighted by molar-refractivity contribution is -0.149. The van der Waals surface area contributed by atoms with Crippen molar-refractivity contribution in [1.82, 2.24) is 9.38 Å². The third-order valence-corrected chi connectivity index (χ3v) is 4.99. The molecule has 0 bridgehead atoms. The first kappa shape index (κ1) is 17.2.